The number of sulfonamides is 1. The van der Waals surface area contributed by atoms with E-state index in [1.165, 1.54) is 36.4 Å². The van der Waals surface area contributed by atoms with Crippen LogP contribution in [0.2, 0.25) is 0 Å². The largest absolute Gasteiger partial charge is 0.476 e. The van der Waals surface area contributed by atoms with E-state index in [-0.39, 0.29) is 18.2 Å². The molecule has 1 atom stereocenters. The molecule has 6 nitrogen and oxygen atoms in total. The summed E-state index contributed by atoms with van der Waals surface area (Å²) < 4.78 is 32.0. The molecule has 1 amide bonds. The molecule has 1 saturated carbocycles. The van der Waals surface area contributed by atoms with E-state index in [2.05, 4.69) is 5.32 Å². The van der Waals surface area contributed by atoms with E-state index in [4.69, 9.17) is 4.74 Å². The Morgan fingerprint density at radius 1 is 1.26 bits per heavy atom. The molecule has 0 spiro atoms. The molecule has 0 aromatic heterocycles. The maximum atomic E-state index is 12.6. The lowest BCUT2D eigenvalue weighted by Gasteiger charge is -2.34. The van der Waals surface area contributed by atoms with Crippen molar-refractivity contribution < 1.29 is 17.9 Å². The van der Waals surface area contributed by atoms with Crippen molar-refractivity contribution in [2.24, 2.45) is 0 Å². The molecule has 2 aliphatic rings. The highest BCUT2D eigenvalue weighted by atomic mass is 32.2. The lowest BCUT2D eigenvalue weighted by atomic mass is 10.0. The van der Waals surface area contributed by atoms with Gasteiger partial charge in [0.25, 0.3) is 5.91 Å². The van der Waals surface area contributed by atoms with Crippen LogP contribution in [0.1, 0.15) is 39.0 Å². The third kappa shape index (κ3) is 5.10. The van der Waals surface area contributed by atoms with Gasteiger partial charge in [-0.05, 0) is 31.9 Å². The number of carbonyl (C=O) groups excluding carboxylic acids is 1. The summed E-state index contributed by atoms with van der Waals surface area (Å²) in [7, 11) is -3.47. The third-order valence-electron chi connectivity index (χ3n) is 5.03. The fraction of sp³-hybridized carbons (Fsp3) is 0.632. The second-order valence-corrected chi connectivity index (χ2v) is 10.5. The van der Waals surface area contributed by atoms with Gasteiger partial charge in [-0.25, -0.2) is 8.42 Å². The average molecular weight is 413 g/mol. The van der Waals surface area contributed by atoms with Crippen LogP contribution in [0, 0.1) is 0 Å². The van der Waals surface area contributed by atoms with Gasteiger partial charge >= 0.3 is 0 Å². The minimum Gasteiger partial charge on any atom is -0.476 e. The van der Waals surface area contributed by atoms with E-state index in [1.54, 1.807) is 31.2 Å². The number of amides is 1. The number of nitrogens with zero attached hydrogens (tertiary/aromatic N) is 1. The van der Waals surface area contributed by atoms with Gasteiger partial charge in [0.15, 0.2) is 6.10 Å². The SMILES string of the molecule is CCS(=O)(=O)N1C[C@@H](C(=O)NCCSC2CCCCC2)Oc2ccccc21. The number of ether oxygens (including phenoxy) is 1. The van der Waals surface area contributed by atoms with Crippen molar-refractivity contribution in [2.45, 2.75) is 50.4 Å². The van der Waals surface area contributed by atoms with Crippen LogP contribution in [0.4, 0.5) is 5.69 Å². The number of hydrogen-bond donors (Lipinski definition) is 1. The first-order valence-electron chi connectivity index (χ1n) is 9.66. The maximum Gasteiger partial charge on any atom is 0.263 e. The van der Waals surface area contributed by atoms with Gasteiger partial charge in [0, 0.05) is 17.5 Å². The van der Waals surface area contributed by atoms with Gasteiger partial charge in [0.2, 0.25) is 10.0 Å². The number of carbonyl (C=O) groups is 1. The summed E-state index contributed by atoms with van der Waals surface area (Å²) in [6, 6.07) is 6.95. The molecule has 3 rings (SSSR count). The normalized spacial score (nSPS) is 20.6. The number of hydrogen-bond acceptors (Lipinski definition) is 5. The molecule has 8 heteroatoms. The molecule has 0 bridgehead atoms. The second kappa shape index (κ2) is 9.19. The quantitative estimate of drug-likeness (QED) is 0.697. The highest BCUT2D eigenvalue weighted by molar-refractivity contribution is 7.99. The zero-order valence-corrected chi connectivity index (χ0v) is 17.4. The van der Waals surface area contributed by atoms with Gasteiger partial charge in [-0.1, -0.05) is 31.4 Å². The fourth-order valence-corrected chi connectivity index (χ4v) is 5.85. The van der Waals surface area contributed by atoms with Crippen molar-refractivity contribution in [3.8, 4) is 5.75 Å². The summed E-state index contributed by atoms with van der Waals surface area (Å²) >= 11 is 1.92. The Morgan fingerprint density at radius 2 is 2.00 bits per heavy atom. The highest BCUT2D eigenvalue weighted by Gasteiger charge is 2.35. The Bertz CT molecular complexity index is 748. The van der Waals surface area contributed by atoms with Gasteiger partial charge in [-0.2, -0.15) is 11.8 Å². The van der Waals surface area contributed by atoms with Crippen LogP contribution >= 0.6 is 11.8 Å². The molecular weight excluding hydrogens is 384 g/mol. The Balaban J connectivity index is 1.57. The van der Waals surface area contributed by atoms with Gasteiger partial charge in [-0.3, -0.25) is 9.10 Å². The molecule has 27 heavy (non-hydrogen) atoms. The Kier molecular flexibility index (Phi) is 6.92. The smallest absolute Gasteiger partial charge is 0.263 e. The lowest BCUT2D eigenvalue weighted by molar-refractivity contribution is -0.127. The van der Waals surface area contributed by atoms with Crippen molar-refractivity contribution in [1.29, 1.82) is 0 Å². The predicted molar refractivity (Wildman–Crippen MR) is 110 cm³/mol. The molecule has 1 heterocycles. The minimum atomic E-state index is -3.47. The average Bonchev–Trinajstić information content (AvgIpc) is 2.71. The van der Waals surface area contributed by atoms with Gasteiger partial charge in [-0.15, -0.1) is 0 Å². The van der Waals surface area contributed by atoms with Crippen LogP contribution in [0.5, 0.6) is 5.75 Å². The zero-order valence-electron chi connectivity index (χ0n) is 15.7. The fourth-order valence-electron chi connectivity index (χ4n) is 3.50. The molecule has 1 aromatic carbocycles. The maximum absolute atomic E-state index is 12.6. The summed E-state index contributed by atoms with van der Waals surface area (Å²) in [5.41, 5.74) is 0.497. The third-order valence-corrected chi connectivity index (χ3v) is 8.16. The molecule has 0 unspecified atom stereocenters. The highest BCUT2D eigenvalue weighted by Crippen LogP contribution is 2.35. The molecule has 1 N–H and O–H groups in total. The molecule has 150 valence electrons. The molecule has 0 radical (unpaired) electrons. The van der Waals surface area contributed by atoms with Crippen molar-refractivity contribution >= 4 is 33.4 Å². The number of benzene rings is 1. The Morgan fingerprint density at radius 3 is 2.74 bits per heavy atom. The number of fused-ring (bicyclic) bond motifs is 1. The number of thioether (sulfide) groups is 1. The van der Waals surface area contributed by atoms with E-state index in [1.807, 2.05) is 11.8 Å². The number of nitrogens with one attached hydrogen (secondary N) is 1. The van der Waals surface area contributed by atoms with E-state index < -0.39 is 16.1 Å². The van der Waals surface area contributed by atoms with Gasteiger partial charge in [0.1, 0.15) is 5.75 Å². The Hall–Kier alpha value is -1.41. The monoisotopic (exact) mass is 412 g/mol. The summed E-state index contributed by atoms with van der Waals surface area (Å²) in [4.78, 5) is 12.6. The van der Waals surface area contributed by atoms with E-state index >= 15 is 0 Å². The van der Waals surface area contributed by atoms with Crippen molar-refractivity contribution in [2.75, 3.05) is 28.9 Å². The van der Waals surface area contributed by atoms with Crippen LogP contribution in [-0.4, -0.2) is 50.3 Å². The number of anilines is 1. The topological polar surface area (TPSA) is 75.7 Å². The van der Waals surface area contributed by atoms with Crippen LogP contribution in [0.3, 0.4) is 0 Å². The van der Waals surface area contributed by atoms with Crippen molar-refractivity contribution in [3.63, 3.8) is 0 Å². The predicted octanol–water partition coefficient (Wildman–Crippen LogP) is 2.79. The number of rotatable bonds is 7. The van der Waals surface area contributed by atoms with Crippen LogP contribution in [0.15, 0.2) is 24.3 Å². The lowest BCUT2D eigenvalue weighted by Crippen LogP contribution is -2.51. The molecular formula is C19H28N2O4S2. The standard InChI is InChI=1S/C19H28N2O4S2/c1-2-27(23,24)21-14-18(25-17-11-7-6-10-16(17)21)19(22)20-12-13-26-15-8-4-3-5-9-15/h6-7,10-11,15,18H,2-5,8-9,12-14H2,1H3,(H,20,22)/t18-/m0/s1. The van der Waals surface area contributed by atoms with Crippen molar-refractivity contribution in [1.82, 2.24) is 5.32 Å². The summed E-state index contributed by atoms with van der Waals surface area (Å²) in [5.74, 6) is 1.02. The molecule has 1 fully saturated rings. The second-order valence-electron chi connectivity index (χ2n) is 6.93. The molecule has 1 aliphatic heterocycles. The zero-order chi connectivity index (χ0) is 19.3. The first kappa shape index (κ1) is 20.3. The molecule has 1 aromatic rings. The van der Waals surface area contributed by atoms with E-state index in [0.717, 1.165) is 5.75 Å². The summed E-state index contributed by atoms with van der Waals surface area (Å²) in [6.07, 6.45) is 5.66. The van der Waals surface area contributed by atoms with Crippen LogP contribution in [-0.2, 0) is 14.8 Å². The van der Waals surface area contributed by atoms with Gasteiger partial charge < -0.3 is 10.1 Å². The first-order valence-corrected chi connectivity index (χ1v) is 12.3. The van der Waals surface area contributed by atoms with Gasteiger partial charge in [0.05, 0.1) is 18.0 Å². The van der Waals surface area contributed by atoms with Crippen molar-refractivity contribution in [3.05, 3.63) is 24.3 Å². The summed E-state index contributed by atoms with van der Waals surface area (Å²) in [5, 5.41) is 3.61. The van der Waals surface area contributed by atoms with E-state index in [9.17, 15) is 13.2 Å². The minimum absolute atomic E-state index is 0.00872. The molecule has 1 aliphatic carbocycles. The Labute approximate surface area is 166 Å². The van der Waals surface area contributed by atoms with Crippen LogP contribution < -0.4 is 14.4 Å². The van der Waals surface area contributed by atoms with E-state index in [0.29, 0.717) is 23.2 Å². The van der Waals surface area contributed by atoms with Crippen LogP contribution in [0.25, 0.3) is 0 Å². The first-order chi connectivity index (χ1) is 13.0. The molecule has 0 saturated heterocycles. The number of para-hydroxylation sites is 2. The summed E-state index contributed by atoms with van der Waals surface area (Å²) in [6.45, 7) is 2.18.